The molecule has 1 aromatic heterocycles. The van der Waals surface area contributed by atoms with Gasteiger partial charge in [0.1, 0.15) is 12.1 Å². The van der Waals surface area contributed by atoms with Gasteiger partial charge in [-0.3, -0.25) is 14.4 Å². The van der Waals surface area contributed by atoms with Crippen molar-refractivity contribution >= 4 is 59.0 Å². The van der Waals surface area contributed by atoms with Gasteiger partial charge in [-0.05, 0) is 43.4 Å². The van der Waals surface area contributed by atoms with Crippen LogP contribution in [0.5, 0.6) is 0 Å². The number of thiol groups is 1. The molecule has 0 fully saturated rings. The van der Waals surface area contributed by atoms with E-state index >= 15 is 0 Å². The van der Waals surface area contributed by atoms with Crippen LogP contribution in [0.4, 0.5) is 0 Å². The van der Waals surface area contributed by atoms with Gasteiger partial charge in [0.2, 0.25) is 17.7 Å². The number of carboxylic acid groups (broad SMARTS) is 1. The number of carbonyl (C=O) groups excluding carboxylic acids is 3. The second-order valence-electron chi connectivity index (χ2n) is 8.32. The maximum atomic E-state index is 12.9. The summed E-state index contributed by atoms with van der Waals surface area (Å²) in [6.45, 7) is 1.24. The number of aromatic nitrogens is 1. The van der Waals surface area contributed by atoms with Crippen LogP contribution in [0.3, 0.4) is 0 Å². The zero-order valence-corrected chi connectivity index (χ0v) is 21.8. The Morgan fingerprint density at radius 2 is 1.72 bits per heavy atom. The maximum absolute atomic E-state index is 12.9. The normalized spacial score (nSPS) is 15.4. The van der Waals surface area contributed by atoms with Gasteiger partial charge in [0, 0.05) is 22.9 Å². The highest BCUT2D eigenvalue weighted by atomic mass is 32.2. The number of aromatic amines is 1. The average molecular weight is 540 g/mol. The number of benzene rings is 1. The molecule has 3 amide bonds. The van der Waals surface area contributed by atoms with Crippen molar-refractivity contribution in [2.75, 3.05) is 17.8 Å². The number of rotatable bonds is 14. The number of amides is 3. The predicted octanol–water partition coefficient (Wildman–Crippen LogP) is -0.360. The van der Waals surface area contributed by atoms with Gasteiger partial charge in [0.15, 0.2) is 6.04 Å². The average Bonchev–Trinajstić information content (AvgIpc) is 3.25. The minimum atomic E-state index is -1.53. The zero-order valence-electron chi connectivity index (χ0n) is 20.1. The number of carboxylic acids is 1. The van der Waals surface area contributed by atoms with Crippen LogP contribution in [0.2, 0.25) is 0 Å². The number of nitrogens with two attached hydrogens (primary N) is 1. The number of hydrogen-bond donors (Lipinski definition) is 8. The number of nitrogens with one attached hydrogen (secondary N) is 4. The topological polar surface area (TPSA) is 187 Å². The van der Waals surface area contributed by atoms with E-state index in [-0.39, 0.29) is 18.6 Å². The lowest BCUT2D eigenvalue weighted by molar-refractivity contribution is -0.145. The smallest absolute Gasteiger partial charge is 0.328 e. The molecule has 0 aliphatic carbocycles. The Labute approximate surface area is 218 Å². The SMILES string of the molecule is CSCCC(NC(=O)C(CS)NC(=O)C(N)Cc1c[nH]c2ccccc12)C(=O)NC(C(=O)O)C(C)O. The quantitative estimate of drug-likeness (QED) is 0.150. The van der Waals surface area contributed by atoms with Crippen LogP contribution in [-0.4, -0.2) is 86.9 Å². The number of aliphatic hydroxyl groups is 1. The van der Waals surface area contributed by atoms with E-state index in [1.165, 1.54) is 18.7 Å². The summed E-state index contributed by atoms with van der Waals surface area (Å²) in [5.41, 5.74) is 7.88. The summed E-state index contributed by atoms with van der Waals surface area (Å²) in [6.07, 6.45) is 2.71. The lowest BCUT2D eigenvalue weighted by Gasteiger charge is -2.25. The molecule has 1 aromatic carbocycles. The third kappa shape index (κ3) is 8.15. The fourth-order valence-corrected chi connectivity index (χ4v) is 4.25. The van der Waals surface area contributed by atoms with Crippen molar-refractivity contribution in [3.63, 3.8) is 0 Å². The van der Waals surface area contributed by atoms with Gasteiger partial charge in [0.25, 0.3) is 0 Å². The van der Waals surface area contributed by atoms with Gasteiger partial charge in [-0.15, -0.1) is 0 Å². The summed E-state index contributed by atoms with van der Waals surface area (Å²) in [5, 5.41) is 27.2. The van der Waals surface area contributed by atoms with E-state index in [0.29, 0.717) is 5.75 Å². The van der Waals surface area contributed by atoms with Gasteiger partial charge >= 0.3 is 5.97 Å². The van der Waals surface area contributed by atoms with Crippen LogP contribution in [0.15, 0.2) is 30.5 Å². The van der Waals surface area contributed by atoms with E-state index in [0.717, 1.165) is 16.5 Å². The molecule has 0 spiro atoms. The van der Waals surface area contributed by atoms with E-state index in [9.17, 15) is 29.4 Å². The van der Waals surface area contributed by atoms with E-state index in [1.807, 2.05) is 30.5 Å². The number of hydrogen-bond acceptors (Lipinski definition) is 8. The lowest BCUT2D eigenvalue weighted by Crippen LogP contribution is -2.58. The van der Waals surface area contributed by atoms with E-state index in [1.54, 1.807) is 6.20 Å². The Hall–Kier alpha value is -2.74. The van der Waals surface area contributed by atoms with Gasteiger partial charge in [0.05, 0.1) is 12.1 Å². The van der Waals surface area contributed by atoms with Crippen molar-refractivity contribution in [2.24, 2.45) is 5.73 Å². The van der Waals surface area contributed by atoms with Crippen LogP contribution < -0.4 is 21.7 Å². The van der Waals surface area contributed by atoms with Gasteiger partial charge in [-0.1, -0.05) is 18.2 Å². The van der Waals surface area contributed by atoms with Crippen molar-refractivity contribution in [1.82, 2.24) is 20.9 Å². The fourth-order valence-electron chi connectivity index (χ4n) is 3.52. The van der Waals surface area contributed by atoms with Crippen LogP contribution in [-0.2, 0) is 25.6 Å². The van der Waals surface area contributed by atoms with E-state index < -0.39 is 54.0 Å². The first-order valence-electron chi connectivity index (χ1n) is 11.3. The molecule has 8 N–H and O–H groups in total. The highest BCUT2D eigenvalue weighted by Crippen LogP contribution is 2.18. The Kier molecular flexibility index (Phi) is 11.6. The number of aliphatic hydroxyl groups excluding tert-OH is 1. The number of fused-ring (bicyclic) bond motifs is 1. The fraction of sp³-hybridized carbons (Fsp3) is 0.478. The van der Waals surface area contributed by atoms with Crippen molar-refractivity contribution < 1.29 is 29.4 Å². The van der Waals surface area contributed by atoms with Crippen molar-refractivity contribution in [2.45, 2.75) is 50.0 Å². The lowest BCUT2D eigenvalue weighted by atomic mass is 10.0. The molecule has 0 aliphatic heterocycles. The molecular weight excluding hydrogens is 506 g/mol. The van der Waals surface area contributed by atoms with Crippen molar-refractivity contribution in [3.05, 3.63) is 36.0 Å². The van der Waals surface area contributed by atoms with Crippen molar-refractivity contribution in [3.8, 4) is 0 Å². The third-order valence-electron chi connectivity index (χ3n) is 5.56. The minimum Gasteiger partial charge on any atom is -0.480 e. The number of thioether (sulfide) groups is 1. The van der Waals surface area contributed by atoms with Crippen LogP contribution >= 0.6 is 24.4 Å². The number of carbonyl (C=O) groups is 4. The molecule has 1 heterocycles. The Bertz CT molecular complexity index is 1060. The molecule has 13 heteroatoms. The molecule has 2 aromatic rings. The summed E-state index contributed by atoms with van der Waals surface area (Å²) < 4.78 is 0. The van der Waals surface area contributed by atoms with Crippen LogP contribution in [0.25, 0.3) is 10.9 Å². The molecule has 11 nitrogen and oxygen atoms in total. The maximum Gasteiger partial charge on any atom is 0.328 e. The standard InChI is InChI=1S/C23H33N5O6S2/c1-12(29)19(23(33)34)28-21(31)17(7-8-36-2)26-22(32)18(11-35)27-20(30)15(24)9-13-10-25-16-6-4-3-5-14(13)16/h3-6,10,12,15,17-19,25,29,35H,7-9,11,24H2,1-2H3,(H,26,32)(H,27,30)(H,28,31)(H,33,34). The summed E-state index contributed by atoms with van der Waals surface area (Å²) in [7, 11) is 0. The monoisotopic (exact) mass is 539 g/mol. The second-order valence-corrected chi connectivity index (χ2v) is 9.67. The Balaban J connectivity index is 2.03. The first-order valence-corrected chi connectivity index (χ1v) is 13.3. The van der Waals surface area contributed by atoms with E-state index in [2.05, 4.69) is 33.6 Å². The molecule has 0 aliphatic rings. The largest absolute Gasteiger partial charge is 0.480 e. The third-order valence-corrected chi connectivity index (χ3v) is 6.57. The molecular formula is C23H33N5O6S2. The zero-order chi connectivity index (χ0) is 26.8. The van der Waals surface area contributed by atoms with Gasteiger partial charge in [-0.2, -0.15) is 24.4 Å². The number of aliphatic carboxylic acids is 1. The molecule has 0 saturated carbocycles. The van der Waals surface area contributed by atoms with Crippen LogP contribution in [0.1, 0.15) is 18.9 Å². The highest BCUT2D eigenvalue weighted by molar-refractivity contribution is 7.98. The minimum absolute atomic E-state index is 0.0559. The summed E-state index contributed by atoms with van der Waals surface area (Å²) in [4.78, 5) is 52.8. The first kappa shape index (κ1) is 29.5. The number of para-hydroxylation sites is 1. The number of H-pyrrole nitrogens is 1. The summed E-state index contributed by atoms with van der Waals surface area (Å²) in [6, 6.07) is 2.99. The summed E-state index contributed by atoms with van der Waals surface area (Å²) >= 11 is 5.59. The molecule has 5 unspecified atom stereocenters. The molecule has 0 saturated heterocycles. The van der Waals surface area contributed by atoms with E-state index in [4.69, 9.17) is 5.73 Å². The molecule has 2 rings (SSSR count). The Morgan fingerprint density at radius 1 is 1.08 bits per heavy atom. The molecule has 198 valence electrons. The molecule has 0 bridgehead atoms. The molecule has 0 radical (unpaired) electrons. The Morgan fingerprint density at radius 3 is 2.33 bits per heavy atom. The van der Waals surface area contributed by atoms with Gasteiger partial charge < -0.3 is 36.9 Å². The first-order chi connectivity index (χ1) is 17.1. The summed E-state index contributed by atoms with van der Waals surface area (Å²) in [5.74, 6) is -2.94. The molecule has 36 heavy (non-hydrogen) atoms. The second kappa shape index (κ2) is 14.1. The van der Waals surface area contributed by atoms with Crippen LogP contribution in [0, 0.1) is 0 Å². The van der Waals surface area contributed by atoms with Gasteiger partial charge in [-0.25, -0.2) is 4.79 Å². The predicted molar refractivity (Wildman–Crippen MR) is 142 cm³/mol. The highest BCUT2D eigenvalue weighted by Gasteiger charge is 2.31. The molecule has 5 atom stereocenters. The van der Waals surface area contributed by atoms with Crippen molar-refractivity contribution in [1.29, 1.82) is 0 Å².